The van der Waals surface area contributed by atoms with Crippen molar-refractivity contribution >= 4 is 11.6 Å². The lowest BCUT2D eigenvalue weighted by atomic mass is 10.0. The number of halogens is 2. The number of amides is 1. The van der Waals surface area contributed by atoms with Gasteiger partial charge in [-0.3, -0.25) is 9.69 Å². The molecule has 1 saturated heterocycles. The molecular weight excluding hydrogens is 348 g/mol. The molecule has 1 heterocycles. The van der Waals surface area contributed by atoms with Crippen LogP contribution < -0.4 is 10.2 Å². The van der Waals surface area contributed by atoms with Gasteiger partial charge in [-0.15, -0.1) is 0 Å². The second-order valence-corrected chi connectivity index (χ2v) is 7.16. The van der Waals surface area contributed by atoms with E-state index in [1.54, 1.807) is 24.3 Å². The van der Waals surface area contributed by atoms with E-state index in [1.807, 2.05) is 19.0 Å². The van der Waals surface area contributed by atoms with Gasteiger partial charge in [0.25, 0.3) is 0 Å². The zero-order valence-corrected chi connectivity index (χ0v) is 15.7. The van der Waals surface area contributed by atoms with Crippen LogP contribution in [-0.4, -0.2) is 44.0 Å². The molecule has 0 aliphatic carbocycles. The summed E-state index contributed by atoms with van der Waals surface area (Å²) in [5.41, 5.74) is 1.77. The number of anilines is 1. The van der Waals surface area contributed by atoms with Crippen molar-refractivity contribution in [3.05, 3.63) is 65.7 Å². The normalized spacial score (nSPS) is 16.4. The van der Waals surface area contributed by atoms with Crippen LogP contribution in [0.25, 0.3) is 0 Å². The number of hydrogen-bond acceptors (Lipinski definition) is 3. The van der Waals surface area contributed by atoms with E-state index in [-0.39, 0.29) is 23.6 Å². The monoisotopic (exact) mass is 373 g/mol. The average Bonchev–Trinajstić information content (AvgIpc) is 2.65. The number of piperidine rings is 1. The van der Waals surface area contributed by atoms with Crippen LogP contribution in [0.2, 0.25) is 0 Å². The minimum atomic E-state index is -0.458. The lowest BCUT2D eigenvalue weighted by Gasteiger charge is -2.35. The summed E-state index contributed by atoms with van der Waals surface area (Å²) in [4.78, 5) is 16.9. The fourth-order valence-corrected chi connectivity index (χ4v) is 3.54. The van der Waals surface area contributed by atoms with Gasteiger partial charge < -0.3 is 10.2 Å². The summed E-state index contributed by atoms with van der Waals surface area (Å²) < 4.78 is 26.3. The molecule has 4 nitrogen and oxygen atoms in total. The molecule has 1 fully saturated rings. The Morgan fingerprint density at radius 1 is 1.00 bits per heavy atom. The molecule has 0 saturated carbocycles. The average molecular weight is 373 g/mol. The van der Waals surface area contributed by atoms with Crippen LogP contribution in [0.4, 0.5) is 14.5 Å². The minimum Gasteiger partial charge on any atom is -0.371 e. The van der Waals surface area contributed by atoms with Gasteiger partial charge in [0.2, 0.25) is 5.91 Å². The Bertz CT molecular complexity index is 754. The van der Waals surface area contributed by atoms with Crippen LogP contribution >= 0.6 is 0 Å². The van der Waals surface area contributed by atoms with Gasteiger partial charge >= 0.3 is 0 Å². The molecule has 0 bridgehead atoms. The van der Waals surface area contributed by atoms with Crippen molar-refractivity contribution in [2.24, 2.45) is 0 Å². The van der Waals surface area contributed by atoms with E-state index < -0.39 is 6.04 Å². The van der Waals surface area contributed by atoms with Crippen LogP contribution in [0.1, 0.15) is 24.4 Å². The Morgan fingerprint density at radius 3 is 2.04 bits per heavy atom. The van der Waals surface area contributed by atoms with Crippen LogP contribution in [0.5, 0.6) is 0 Å². The van der Waals surface area contributed by atoms with Gasteiger partial charge in [-0.05, 0) is 68.9 Å². The lowest BCUT2D eigenvalue weighted by molar-refractivity contribution is -0.126. The van der Waals surface area contributed by atoms with Crippen molar-refractivity contribution in [3.8, 4) is 0 Å². The summed E-state index contributed by atoms with van der Waals surface area (Å²) in [6.07, 6.45) is 1.65. The molecule has 1 amide bonds. The van der Waals surface area contributed by atoms with E-state index in [0.717, 1.165) is 37.2 Å². The van der Waals surface area contributed by atoms with Gasteiger partial charge in [-0.25, -0.2) is 8.78 Å². The topological polar surface area (TPSA) is 35.6 Å². The predicted molar refractivity (Wildman–Crippen MR) is 103 cm³/mol. The summed E-state index contributed by atoms with van der Waals surface area (Å²) in [6.45, 7) is 1.61. The van der Waals surface area contributed by atoms with Crippen molar-refractivity contribution in [2.75, 3.05) is 32.1 Å². The molecular formula is C21H25F2N3O. The molecule has 0 spiro atoms. The molecule has 1 atom stereocenters. The Kier molecular flexibility index (Phi) is 6.06. The number of likely N-dealkylation sites (N-methyl/N-ethyl adjacent to an activating group) is 1. The maximum atomic E-state index is 13.2. The van der Waals surface area contributed by atoms with Gasteiger partial charge in [0.15, 0.2) is 0 Å². The highest BCUT2D eigenvalue weighted by Crippen LogP contribution is 2.23. The molecule has 1 aliphatic rings. The standard InChI is InChI=1S/C21H25F2N3O/c1-25(2)20(15-3-5-16(22)6-4-15)21(27)24-18-11-13-26(14-12-18)19-9-7-17(23)8-10-19/h3-10,18,20H,11-14H2,1-2H3,(H,24,27)/t20-/m1/s1. The lowest BCUT2D eigenvalue weighted by Crippen LogP contribution is -2.47. The van der Waals surface area contributed by atoms with Crippen LogP contribution in [-0.2, 0) is 4.79 Å². The largest absolute Gasteiger partial charge is 0.371 e. The van der Waals surface area contributed by atoms with Crippen LogP contribution in [0.3, 0.4) is 0 Å². The summed E-state index contributed by atoms with van der Waals surface area (Å²) >= 11 is 0. The molecule has 0 aromatic heterocycles. The maximum absolute atomic E-state index is 13.2. The second-order valence-electron chi connectivity index (χ2n) is 7.16. The molecule has 2 aromatic carbocycles. The Hall–Kier alpha value is -2.47. The Balaban J connectivity index is 1.59. The van der Waals surface area contributed by atoms with E-state index in [0.29, 0.717) is 0 Å². The van der Waals surface area contributed by atoms with Crippen molar-refractivity contribution < 1.29 is 13.6 Å². The third-order valence-electron chi connectivity index (χ3n) is 4.98. The van der Waals surface area contributed by atoms with Gasteiger partial charge in [0, 0.05) is 24.8 Å². The zero-order valence-electron chi connectivity index (χ0n) is 15.7. The van der Waals surface area contributed by atoms with E-state index >= 15 is 0 Å². The quantitative estimate of drug-likeness (QED) is 0.873. The molecule has 6 heteroatoms. The highest BCUT2D eigenvalue weighted by molar-refractivity contribution is 5.83. The number of hydrogen-bond donors (Lipinski definition) is 1. The Labute approximate surface area is 158 Å². The van der Waals surface area contributed by atoms with Crippen molar-refractivity contribution in [1.82, 2.24) is 10.2 Å². The molecule has 3 rings (SSSR count). The molecule has 1 N–H and O–H groups in total. The van der Waals surface area contributed by atoms with E-state index in [4.69, 9.17) is 0 Å². The highest BCUT2D eigenvalue weighted by Gasteiger charge is 2.27. The summed E-state index contributed by atoms with van der Waals surface area (Å²) in [6, 6.07) is 12.2. The number of nitrogens with zero attached hydrogens (tertiary/aromatic N) is 2. The second kappa shape index (κ2) is 8.48. The SMILES string of the molecule is CN(C)[C@@H](C(=O)NC1CCN(c2ccc(F)cc2)CC1)c1ccc(F)cc1. The third-order valence-corrected chi connectivity index (χ3v) is 4.98. The molecule has 2 aromatic rings. The fraction of sp³-hybridized carbons (Fsp3) is 0.381. The first-order chi connectivity index (χ1) is 12.9. The van der Waals surface area contributed by atoms with Gasteiger partial charge in [-0.1, -0.05) is 12.1 Å². The summed E-state index contributed by atoms with van der Waals surface area (Å²) in [5, 5.41) is 3.13. The van der Waals surface area contributed by atoms with E-state index in [1.165, 1.54) is 24.3 Å². The third kappa shape index (κ3) is 4.83. The van der Waals surface area contributed by atoms with E-state index in [9.17, 15) is 13.6 Å². The number of rotatable bonds is 5. The molecule has 144 valence electrons. The number of carbonyl (C=O) groups excluding carboxylic acids is 1. The number of nitrogens with one attached hydrogen (secondary N) is 1. The van der Waals surface area contributed by atoms with Crippen molar-refractivity contribution in [1.29, 1.82) is 0 Å². The number of benzene rings is 2. The fourth-order valence-electron chi connectivity index (χ4n) is 3.54. The molecule has 0 radical (unpaired) electrons. The first kappa shape index (κ1) is 19.3. The van der Waals surface area contributed by atoms with Crippen molar-refractivity contribution in [2.45, 2.75) is 24.9 Å². The first-order valence-electron chi connectivity index (χ1n) is 9.17. The molecule has 1 aliphatic heterocycles. The maximum Gasteiger partial charge on any atom is 0.242 e. The predicted octanol–water partition coefficient (Wildman–Crippen LogP) is 3.35. The minimum absolute atomic E-state index is 0.0770. The first-order valence-corrected chi connectivity index (χ1v) is 9.17. The molecule has 0 unspecified atom stereocenters. The zero-order chi connectivity index (χ0) is 19.4. The van der Waals surface area contributed by atoms with E-state index in [2.05, 4.69) is 10.2 Å². The van der Waals surface area contributed by atoms with Crippen molar-refractivity contribution in [3.63, 3.8) is 0 Å². The van der Waals surface area contributed by atoms with Gasteiger partial charge in [0.05, 0.1) is 0 Å². The summed E-state index contributed by atoms with van der Waals surface area (Å²) in [5.74, 6) is -0.631. The Morgan fingerprint density at radius 2 is 1.52 bits per heavy atom. The smallest absolute Gasteiger partial charge is 0.242 e. The number of carbonyl (C=O) groups is 1. The van der Waals surface area contributed by atoms with Gasteiger partial charge in [0.1, 0.15) is 17.7 Å². The highest BCUT2D eigenvalue weighted by atomic mass is 19.1. The van der Waals surface area contributed by atoms with Crippen LogP contribution in [0.15, 0.2) is 48.5 Å². The van der Waals surface area contributed by atoms with Gasteiger partial charge in [-0.2, -0.15) is 0 Å². The molecule has 27 heavy (non-hydrogen) atoms. The summed E-state index contributed by atoms with van der Waals surface area (Å²) in [7, 11) is 3.68. The van der Waals surface area contributed by atoms with Crippen LogP contribution in [0, 0.1) is 11.6 Å².